The van der Waals surface area contributed by atoms with Crippen LogP contribution in [0.2, 0.25) is 0 Å². The minimum atomic E-state index is -0.132. The lowest BCUT2D eigenvalue weighted by atomic mass is 10.1. The summed E-state index contributed by atoms with van der Waals surface area (Å²) in [4.78, 5) is 2.28. The van der Waals surface area contributed by atoms with E-state index in [-0.39, 0.29) is 11.9 Å². The van der Waals surface area contributed by atoms with Crippen LogP contribution in [0.4, 0.5) is 10.1 Å². The van der Waals surface area contributed by atoms with Crippen LogP contribution in [-0.4, -0.2) is 12.6 Å². The van der Waals surface area contributed by atoms with E-state index in [1.54, 1.807) is 6.07 Å². The topological polar surface area (TPSA) is 29.3 Å². The van der Waals surface area contributed by atoms with E-state index < -0.39 is 0 Å². The maximum absolute atomic E-state index is 14.5. The van der Waals surface area contributed by atoms with Crippen LogP contribution < -0.4 is 10.6 Å². The molecule has 1 unspecified atom stereocenters. The highest BCUT2D eigenvalue weighted by molar-refractivity contribution is 5.50. The fourth-order valence-electron chi connectivity index (χ4n) is 3.09. The lowest BCUT2D eigenvalue weighted by Crippen LogP contribution is -2.37. The molecule has 1 saturated carbocycles. The third-order valence-electron chi connectivity index (χ3n) is 4.13. The average molecular weight is 278 g/mol. The molecule has 3 heteroatoms. The van der Waals surface area contributed by atoms with E-state index in [2.05, 4.69) is 18.7 Å². The van der Waals surface area contributed by atoms with Gasteiger partial charge in [-0.3, -0.25) is 0 Å². The molecule has 0 saturated heterocycles. The Hall–Kier alpha value is -1.09. The first kappa shape index (κ1) is 15.3. The standard InChI is InChI=1S/C17H27FN2/c1-12(2)11-20(15-6-4-5-7-15)17-9-8-14(13(3)19)10-16(17)18/h8-10,12-13,15H,4-7,11,19H2,1-3H3. The zero-order valence-corrected chi connectivity index (χ0v) is 12.9. The van der Waals surface area contributed by atoms with Crippen molar-refractivity contribution < 1.29 is 4.39 Å². The number of anilines is 1. The highest BCUT2D eigenvalue weighted by Crippen LogP contribution is 2.31. The first-order chi connectivity index (χ1) is 9.49. The average Bonchev–Trinajstić information content (AvgIpc) is 2.89. The Labute approximate surface area is 122 Å². The maximum atomic E-state index is 14.5. The van der Waals surface area contributed by atoms with E-state index in [1.165, 1.54) is 25.7 Å². The molecule has 1 aliphatic rings. The normalized spacial score (nSPS) is 17.7. The Morgan fingerprint density at radius 2 is 1.90 bits per heavy atom. The maximum Gasteiger partial charge on any atom is 0.146 e. The molecule has 2 rings (SSSR count). The Morgan fingerprint density at radius 1 is 1.25 bits per heavy atom. The zero-order chi connectivity index (χ0) is 14.7. The van der Waals surface area contributed by atoms with E-state index >= 15 is 0 Å². The van der Waals surface area contributed by atoms with Gasteiger partial charge in [-0.15, -0.1) is 0 Å². The zero-order valence-electron chi connectivity index (χ0n) is 12.9. The van der Waals surface area contributed by atoms with Gasteiger partial charge >= 0.3 is 0 Å². The summed E-state index contributed by atoms with van der Waals surface area (Å²) in [5.41, 5.74) is 7.44. The lowest BCUT2D eigenvalue weighted by molar-refractivity contribution is 0.520. The number of nitrogens with zero attached hydrogens (tertiary/aromatic N) is 1. The van der Waals surface area contributed by atoms with Gasteiger partial charge in [0.25, 0.3) is 0 Å². The Morgan fingerprint density at radius 3 is 2.40 bits per heavy atom. The highest BCUT2D eigenvalue weighted by atomic mass is 19.1. The Bertz CT molecular complexity index is 437. The van der Waals surface area contributed by atoms with Gasteiger partial charge in [-0.05, 0) is 43.4 Å². The van der Waals surface area contributed by atoms with Gasteiger partial charge in [0.1, 0.15) is 5.82 Å². The summed E-state index contributed by atoms with van der Waals surface area (Å²) in [6.07, 6.45) is 4.89. The molecule has 0 amide bonds. The van der Waals surface area contributed by atoms with Crippen molar-refractivity contribution in [1.29, 1.82) is 0 Å². The van der Waals surface area contributed by atoms with Crippen LogP contribution in [0.1, 0.15) is 58.1 Å². The molecule has 1 aromatic carbocycles. The van der Waals surface area contributed by atoms with Gasteiger partial charge in [-0.2, -0.15) is 0 Å². The van der Waals surface area contributed by atoms with Crippen LogP contribution in [0.25, 0.3) is 0 Å². The van der Waals surface area contributed by atoms with E-state index in [9.17, 15) is 4.39 Å². The van der Waals surface area contributed by atoms with Crippen molar-refractivity contribution in [3.05, 3.63) is 29.6 Å². The first-order valence-corrected chi connectivity index (χ1v) is 7.80. The Kier molecular flexibility index (Phi) is 5.03. The number of halogens is 1. The van der Waals surface area contributed by atoms with E-state index in [0.29, 0.717) is 12.0 Å². The second-order valence-corrected chi connectivity index (χ2v) is 6.48. The van der Waals surface area contributed by atoms with Gasteiger partial charge in [-0.1, -0.05) is 32.8 Å². The summed E-state index contributed by atoms with van der Waals surface area (Å²) in [7, 11) is 0. The van der Waals surface area contributed by atoms with Crippen molar-refractivity contribution in [2.24, 2.45) is 11.7 Å². The minimum Gasteiger partial charge on any atom is -0.366 e. The molecule has 2 nitrogen and oxygen atoms in total. The van der Waals surface area contributed by atoms with E-state index in [1.807, 2.05) is 19.1 Å². The molecule has 112 valence electrons. The minimum absolute atomic E-state index is 0.122. The number of hydrogen-bond donors (Lipinski definition) is 1. The second kappa shape index (κ2) is 6.57. The summed E-state index contributed by atoms with van der Waals surface area (Å²) in [6, 6.07) is 5.85. The van der Waals surface area contributed by atoms with Crippen molar-refractivity contribution in [2.75, 3.05) is 11.4 Å². The summed E-state index contributed by atoms with van der Waals surface area (Å²) >= 11 is 0. The van der Waals surface area contributed by atoms with Crippen LogP contribution >= 0.6 is 0 Å². The molecule has 1 fully saturated rings. The second-order valence-electron chi connectivity index (χ2n) is 6.48. The summed E-state index contributed by atoms with van der Waals surface area (Å²) in [5, 5.41) is 0. The monoisotopic (exact) mass is 278 g/mol. The van der Waals surface area contributed by atoms with E-state index in [4.69, 9.17) is 5.73 Å². The van der Waals surface area contributed by atoms with Crippen LogP contribution in [0, 0.1) is 11.7 Å². The lowest BCUT2D eigenvalue weighted by Gasteiger charge is -2.33. The predicted molar refractivity (Wildman–Crippen MR) is 83.4 cm³/mol. The summed E-state index contributed by atoms with van der Waals surface area (Å²) in [6.45, 7) is 7.18. The molecular formula is C17H27FN2. The molecule has 0 radical (unpaired) electrons. The molecule has 1 aliphatic carbocycles. The number of nitrogens with two attached hydrogens (primary N) is 1. The van der Waals surface area contributed by atoms with Gasteiger partial charge in [0, 0.05) is 18.6 Å². The van der Waals surface area contributed by atoms with Crippen molar-refractivity contribution >= 4 is 5.69 Å². The van der Waals surface area contributed by atoms with Gasteiger partial charge in [0.2, 0.25) is 0 Å². The van der Waals surface area contributed by atoms with Crippen molar-refractivity contribution in [2.45, 2.75) is 58.5 Å². The van der Waals surface area contributed by atoms with Crippen LogP contribution in [0.5, 0.6) is 0 Å². The quantitative estimate of drug-likeness (QED) is 0.872. The number of rotatable bonds is 5. The fraction of sp³-hybridized carbons (Fsp3) is 0.647. The van der Waals surface area contributed by atoms with Crippen LogP contribution in [0.3, 0.4) is 0 Å². The SMILES string of the molecule is CC(C)CN(c1ccc(C(C)N)cc1F)C1CCCC1. The smallest absolute Gasteiger partial charge is 0.146 e. The van der Waals surface area contributed by atoms with Gasteiger partial charge in [0.15, 0.2) is 0 Å². The molecule has 0 aliphatic heterocycles. The van der Waals surface area contributed by atoms with E-state index in [0.717, 1.165) is 17.8 Å². The largest absolute Gasteiger partial charge is 0.366 e. The van der Waals surface area contributed by atoms with Gasteiger partial charge < -0.3 is 10.6 Å². The summed E-state index contributed by atoms with van der Waals surface area (Å²) in [5.74, 6) is 0.399. The Balaban J connectivity index is 2.27. The molecule has 0 spiro atoms. The van der Waals surface area contributed by atoms with Crippen molar-refractivity contribution in [3.63, 3.8) is 0 Å². The number of benzene rings is 1. The third kappa shape index (κ3) is 3.51. The summed E-state index contributed by atoms with van der Waals surface area (Å²) < 4.78 is 14.5. The molecule has 2 N–H and O–H groups in total. The molecule has 0 bridgehead atoms. The molecule has 0 heterocycles. The molecule has 1 atom stereocenters. The molecule has 0 aromatic heterocycles. The third-order valence-corrected chi connectivity index (χ3v) is 4.13. The fourth-order valence-corrected chi connectivity index (χ4v) is 3.09. The molecule has 20 heavy (non-hydrogen) atoms. The number of hydrogen-bond acceptors (Lipinski definition) is 2. The first-order valence-electron chi connectivity index (χ1n) is 7.80. The predicted octanol–water partition coefficient (Wildman–Crippen LogP) is 4.25. The highest BCUT2D eigenvalue weighted by Gasteiger charge is 2.25. The molecule has 1 aromatic rings. The van der Waals surface area contributed by atoms with Crippen LogP contribution in [-0.2, 0) is 0 Å². The van der Waals surface area contributed by atoms with Crippen LogP contribution in [0.15, 0.2) is 18.2 Å². The molecular weight excluding hydrogens is 251 g/mol. The van der Waals surface area contributed by atoms with Gasteiger partial charge in [0.05, 0.1) is 5.69 Å². The van der Waals surface area contributed by atoms with Gasteiger partial charge in [-0.25, -0.2) is 4.39 Å². The van der Waals surface area contributed by atoms with Crippen molar-refractivity contribution in [3.8, 4) is 0 Å². The van der Waals surface area contributed by atoms with Crippen molar-refractivity contribution in [1.82, 2.24) is 0 Å².